The third kappa shape index (κ3) is 4.21. The van der Waals surface area contributed by atoms with Gasteiger partial charge in [-0.2, -0.15) is 0 Å². The van der Waals surface area contributed by atoms with Gasteiger partial charge < -0.3 is 15.7 Å². The molecule has 1 aliphatic rings. The van der Waals surface area contributed by atoms with E-state index in [-0.39, 0.29) is 30.6 Å². The summed E-state index contributed by atoms with van der Waals surface area (Å²) < 4.78 is 0. The molecule has 0 aliphatic heterocycles. The molecule has 116 valence electrons. The predicted molar refractivity (Wildman–Crippen MR) is 84.1 cm³/mol. The molecule has 0 saturated heterocycles. The fourth-order valence-electron chi connectivity index (χ4n) is 3.17. The highest BCUT2D eigenvalue weighted by Gasteiger charge is 2.26. The summed E-state index contributed by atoms with van der Waals surface area (Å²) >= 11 is 0. The quantitative estimate of drug-likeness (QED) is 0.798. The van der Waals surface area contributed by atoms with Gasteiger partial charge in [0.1, 0.15) is 0 Å². The lowest BCUT2D eigenvalue weighted by atomic mass is 9.85. The maximum Gasteiger partial charge on any atom is 0.315 e. The molecule has 3 atom stereocenters. The Morgan fingerprint density at radius 2 is 2.05 bits per heavy atom. The lowest BCUT2D eigenvalue weighted by Crippen LogP contribution is -2.48. The van der Waals surface area contributed by atoms with Crippen LogP contribution in [0.5, 0.6) is 0 Å². The number of rotatable bonds is 4. The second-order valence-corrected chi connectivity index (χ2v) is 6.03. The van der Waals surface area contributed by atoms with Crippen molar-refractivity contribution >= 4 is 6.03 Å². The molecule has 0 spiro atoms. The van der Waals surface area contributed by atoms with Crippen LogP contribution in [0.25, 0.3) is 0 Å². The zero-order valence-corrected chi connectivity index (χ0v) is 12.9. The Hall–Kier alpha value is -1.55. The number of urea groups is 1. The monoisotopic (exact) mass is 290 g/mol. The van der Waals surface area contributed by atoms with Gasteiger partial charge in [-0.15, -0.1) is 0 Å². The van der Waals surface area contributed by atoms with Crippen molar-refractivity contribution in [1.82, 2.24) is 10.6 Å². The van der Waals surface area contributed by atoms with Crippen molar-refractivity contribution in [2.45, 2.75) is 51.6 Å². The van der Waals surface area contributed by atoms with E-state index in [2.05, 4.69) is 10.6 Å². The van der Waals surface area contributed by atoms with E-state index in [9.17, 15) is 9.90 Å². The molecule has 1 saturated carbocycles. The maximum atomic E-state index is 12.2. The number of hydrogen-bond donors (Lipinski definition) is 3. The van der Waals surface area contributed by atoms with Gasteiger partial charge in [-0.25, -0.2) is 4.79 Å². The van der Waals surface area contributed by atoms with Crippen molar-refractivity contribution in [2.75, 3.05) is 6.61 Å². The summed E-state index contributed by atoms with van der Waals surface area (Å²) in [4.78, 5) is 12.2. The maximum absolute atomic E-state index is 12.2. The average molecular weight is 290 g/mol. The molecular weight excluding hydrogens is 264 g/mol. The van der Waals surface area contributed by atoms with Crippen molar-refractivity contribution in [2.24, 2.45) is 5.92 Å². The van der Waals surface area contributed by atoms with Gasteiger partial charge in [-0.3, -0.25) is 0 Å². The van der Waals surface area contributed by atoms with Gasteiger partial charge >= 0.3 is 6.03 Å². The van der Waals surface area contributed by atoms with E-state index < -0.39 is 0 Å². The van der Waals surface area contributed by atoms with Crippen LogP contribution in [0.4, 0.5) is 4.79 Å². The fraction of sp³-hybridized carbons (Fsp3) is 0.588. The molecule has 3 unspecified atom stereocenters. The van der Waals surface area contributed by atoms with Gasteiger partial charge in [-0.05, 0) is 37.8 Å². The number of aliphatic hydroxyl groups excluding tert-OH is 1. The summed E-state index contributed by atoms with van der Waals surface area (Å²) in [6.07, 6.45) is 4.21. The SMILES string of the molecule is Cc1ccccc1C(C)NC(=O)NC1CCCCC1CO. The van der Waals surface area contributed by atoms with Crippen LogP contribution in [0, 0.1) is 12.8 Å². The van der Waals surface area contributed by atoms with Crippen molar-refractivity contribution in [1.29, 1.82) is 0 Å². The summed E-state index contributed by atoms with van der Waals surface area (Å²) in [5, 5.41) is 15.4. The molecule has 1 aliphatic carbocycles. The summed E-state index contributed by atoms with van der Waals surface area (Å²) in [5.41, 5.74) is 2.31. The number of aliphatic hydroxyl groups is 1. The highest BCUT2D eigenvalue weighted by molar-refractivity contribution is 5.74. The minimum absolute atomic E-state index is 0.0256. The summed E-state index contributed by atoms with van der Waals surface area (Å²) in [6.45, 7) is 4.19. The molecule has 4 heteroatoms. The van der Waals surface area contributed by atoms with E-state index in [0.717, 1.165) is 31.2 Å². The Morgan fingerprint density at radius 3 is 2.76 bits per heavy atom. The Bertz CT molecular complexity index is 476. The molecule has 1 fully saturated rings. The second kappa shape index (κ2) is 7.46. The van der Waals surface area contributed by atoms with Crippen molar-refractivity contribution < 1.29 is 9.90 Å². The number of benzene rings is 1. The number of aryl methyl sites for hydroxylation is 1. The first-order chi connectivity index (χ1) is 10.1. The van der Waals surface area contributed by atoms with Crippen molar-refractivity contribution in [3.8, 4) is 0 Å². The van der Waals surface area contributed by atoms with Crippen LogP contribution in [0.3, 0.4) is 0 Å². The van der Waals surface area contributed by atoms with Crippen LogP contribution in [0.15, 0.2) is 24.3 Å². The van der Waals surface area contributed by atoms with Gasteiger partial charge in [0.2, 0.25) is 0 Å². The zero-order chi connectivity index (χ0) is 15.2. The van der Waals surface area contributed by atoms with E-state index in [1.165, 1.54) is 5.56 Å². The van der Waals surface area contributed by atoms with Crippen molar-refractivity contribution in [3.63, 3.8) is 0 Å². The topological polar surface area (TPSA) is 61.4 Å². The predicted octanol–water partition coefficient (Wildman–Crippen LogP) is 2.91. The second-order valence-electron chi connectivity index (χ2n) is 6.03. The van der Waals surface area contributed by atoms with Crippen LogP contribution >= 0.6 is 0 Å². The number of amides is 2. The molecule has 2 rings (SSSR count). The van der Waals surface area contributed by atoms with Gasteiger partial charge in [0.15, 0.2) is 0 Å². The number of carbonyl (C=O) groups excluding carboxylic acids is 1. The average Bonchev–Trinajstić information content (AvgIpc) is 2.48. The third-order valence-electron chi connectivity index (χ3n) is 4.46. The minimum Gasteiger partial charge on any atom is -0.396 e. The smallest absolute Gasteiger partial charge is 0.315 e. The number of carbonyl (C=O) groups is 1. The van der Waals surface area contributed by atoms with E-state index >= 15 is 0 Å². The van der Waals surface area contributed by atoms with Crippen LogP contribution in [0.2, 0.25) is 0 Å². The van der Waals surface area contributed by atoms with E-state index in [4.69, 9.17) is 0 Å². The minimum atomic E-state index is -0.142. The molecule has 0 aromatic heterocycles. The molecular formula is C17H26N2O2. The highest BCUT2D eigenvalue weighted by atomic mass is 16.3. The van der Waals surface area contributed by atoms with Crippen molar-refractivity contribution in [3.05, 3.63) is 35.4 Å². The largest absolute Gasteiger partial charge is 0.396 e. The fourth-order valence-corrected chi connectivity index (χ4v) is 3.17. The molecule has 1 aromatic carbocycles. The standard InChI is InChI=1S/C17H26N2O2/c1-12-7-3-5-9-15(12)13(2)18-17(21)19-16-10-6-4-8-14(16)11-20/h3,5,7,9,13-14,16,20H,4,6,8,10-11H2,1-2H3,(H2,18,19,21). The lowest BCUT2D eigenvalue weighted by Gasteiger charge is -2.31. The molecule has 0 bridgehead atoms. The molecule has 4 nitrogen and oxygen atoms in total. The van der Waals surface area contributed by atoms with Gasteiger partial charge in [-0.1, -0.05) is 37.1 Å². The first-order valence-corrected chi connectivity index (χ1v) is 7.85. The number of hydrogen-bond acceptors (Lipinski definition) is 2. The third-order valence-corrected chi connectivity index (χ3v) is 4.46. The van der Waals surface area contributed by atoms with Crippen LogP contribution in [-0.4, -0.2) is 23.8 Å². The van der Waals surface area contributed by atoms with E-state index in [0.29, 0.717) is 0 Å². The number of nitrogens with one attached hydrogen (secondary N) is 2. The summed E-state index contributed by atoms with van der Waals surface area (Å²) in [7, 11) is 0. The molecule has 21 heavy (non-hydrogen) atoms. The first kappa shape index (κ1) is 15.8. The molecule has 0 radical (unpaired) electrons. The summed E-state index contributed by atoms with van der Waals surface area (Å²) in [5.74, 6) is 0.193. The Labute approximate surface area is 126 Å². The zero-order valence-electron chi connectivity index (χ0n) is 12.9. The Morgan fingerprint density at radius 1 is 1.33 bits per heavy atom. The van der Waals surface area contributed by atoms with E-state index in [1.807, 2.05) is 38.1 Å². The molecule has 2 amide bonds. The van der Waals surface area contributed by atoms with Gasteiger partial charge in [0.25, 0.3) is 0 Å². The Kier molecular flexibility index (Phi) is 5.62. The van der Waals surface area contributed by atoms with Crippen LogP contribution in [0.1, 0.15) is 49.8 Å². The van der Waals surface area contributed by atoms with Gasteiger partial charge in [0.05, 0.1) is 6.04 Å². The van der Waals surface area contributed by atoms with Gasteiger partial charge in [0, 0.05) is 18.6 Å². The van der Waals surface area contributed by atoms with E-state index in [1.54, 1.807) is 0 Å². The lowest BCUT2D eigenvalue weighted by molar-refractivity contribution is 0.153. The molecule has 0 heterocycles. The molecule has 3 N–H and O–H groups in total. The normalized spacial score (nSPS) is 23.4. The first-order valence-electron chi connectivity index (χ1n) is 7.85. The highest BCUT2D eigenvalue weighted by Crippen LogP contribution is 2.24. The molecule has 1 aromatic rings. The Balaban J connectivity index is 1.90. The summed E-state index contributed by atoms with van der Waals surface area (Å²) in [6, 6.07) is 8.00. The van der Waals surface area contributed by atoms with Crippen LogP contribution in [-0.2, 0) is 0 Å². The van der Waals surface area contributed by atoms with Crippen LogP contribution < -0.4 is 10.6 Å².